The maximum Gasteiger partial charge on any atom is 0.0565 e. The SMILES string of the molecule is CC1CCCCC(O)C(C)C1. The molecular weight excluding hydrogens is 136 g/mol. The molecule has 1 aliphatic carbocycles. The van der Waals surface area contributed by atoms with Crippen LogP contribution < -0.4 is 0 Å². The number of hydrogen-bond acceptors (Lipinski definition) is 1. The molecule has 66 valence electrons. The van der Waals surface area contributed by atoms with Gasteiger partial charge in [0.05, 0.1) is 6.10 Å². The number of hydrogen-bond donors (Lipinski definition) is 1. The van der Waals surface area contributed by atoms with E-state index in [2.05, 4.69) is 13.8 Å². The molecule has 3 atom stereocenters. The molecule has 1 heteroatoms. The molecule has 0 radical (unpaired) electrons. The Labute approximate surface area is 69.8 Å². The van der Waals surface area contributed by atoms with Crippen LogP contribution in [0.2, 0.25) is 0 Å². The van der Waals surface area contributed by atoms with E-state index < -0.39 is 0 Å². The van der Waals surface area contributed by atoms with E-state index >= 15 is 0 Å². The molecule has 1 aliphatic rings. The fraction of sp³-hybridized carbons (Fsp3) is 1.00. The zero-order valence-corrected chi connectivity index (χ0v) is 7.71. The smallest absolute Gasteiger partial charge is 0.0565 e. The van der Waals surface area contributed by atoms with Crippen molar-refractivity contribution >= 4 is 0 Å². The van der Waals surface area contributed by atoms with Gasteiger partial charge in [0.2, 0.25) is 0 Å². The van der Waals surface area contributed by atoms with Gasteiger partial charge in [0.25, 0.3) is 0 Å². The van der Waals surface area contributed by atoms with Gasteiger partial charge in [-0.2, -0.15) is 0 Å². The predicted octanol–water partition coefficient (Wildman–Crippen LogP) is 2.58. The first-order chi connectivity index (χ1) is 5.20. The normalized spacial score (nSPS) is 41.2. The van der Waals surface area contributed by atoms with Gasteiger partial charge in [-0.3, -0.25) is 0 Å². The molecule has 0 aromatic rings. The molecule has 3 unspecified atom stereocenters. The predicted molar refractivity (Wildman–Crippen MR) is 47.4 cm³/mol. The quantitative estimate of drug-likeness (QED) is 0.571. The monoisotopic (exact) mass is 156 g/mol. The minimum atomic E-state index is -0.0299. The van der Waals surface area contributed by atoms with Crippen LogP contribution in [-0.2, 0) is 0 Å². The van der Waals surface area contributed by atoms with Crippen molar-refractivity contribution in [2.75, 3.05) is 0 Å². The highest BCUT2D eigenvalue weighted by Gasteiger charge is 2.19. The third-order valence-electron chi connectivity index (χ3n) is 2.88. The van der Waals surface area contributed by atoms with Gasteiger partial charge in [0, 0.05) is 0 Å². The second kappa shape index (κ2) is 4.10. The molecule has 0 aromatic carbocycles. The third kappa shape index (κ3) is 2.82. The van der Waals surface area contributed by atoms with E-state index in [0.717, 1.165) is 12.3 Å². The van der Waals surface area contributed by atoms with Gasteiger partial charge in [-0.1, -0.05) is 33.1 Å². The minimum Gasteiger partial charge on any atom is -0.393 e. The molecule has 1 fully saturated rings. The lowest BCUT2D eigenvalue weighted by Crippen LogP contribution is -2.21. The van der Waals surface area contributed by atoms with Gasteiger partial charge < -0.3 is 5.11 Å². The average Bonchev–Trinajstić information content (AvgIpc) is 1.95. The van der Waals surface area contributed by atoms with Crippen LogP contribution in [0.1, 0.15) is 46.0 Å². The summed E-state index contributed by atoms with van der Waals surface area (Å²) in [6.45, 7) is 4.47. The van der Waals surface area contributed by atoms with Crippen molar-refractivity contribution in [1.29, 1.82) is 0 Å². The fourth-order valence-electron chi connectivity index (χ4n) is 2.04. The zero-order chi connectivity index (χ0) is 8.27. The number of rotatable bonds is 0. The molecule has 0 aliphatic heterocycles. The summed E-state index contributed by atoms with van der Waals surface area (Å²) in [6, 6.07) is 0. The summed E-state index contributed by atoms with van der Waals surface area (Å²) in [5.41, 5.74) is 0. The standard InChI is InChI=1S/C10H20O/c1-8-5-3-4-6-10(11)9(2)7-8/h8-11H,3-7H2,1-2H3. The Morgan fingerprint density at radius 1 is 1.09 bits per heavy atom. The maximum absolute atomic E-state index is 9.60. The molecular formula is C10H20O. The summed E-state index contributed by atoms with van der Waals surface area (Å²) in [4.78, 5) is 0. The Bertz CT molecular complexity index is 111. The van der Waals surface area contributed by atoms with Crippen molar-refractivity contribution in [2.24, 2.45) is 11.8 Å². The highest BCUT2D eigenvalue weighted by atomic mass is 16.3. The summed E-state index contributed by atoms with van der Waals surface area (Å²) < 4.78 is 0. The van der Waals surface area contributed by atoms with Crippen molar-refractivity contribution in [2.45, 2.75) is 52.1 Å². The lowest BCUT2D eigenvalue weighted by molar-refractivity contribution is 0.0825. The minimum absolute atomic E-state index is 0.0299. The van der Waals surface area contributed by atoms with Crippen molar-refractivity contribution in [3.8, 4) is 0 Å². The summed E-state index contributed by atoms with van der Waals surface area (Å²) in [6.07, 6.45) is 6.09. The van der Waals surface area contributed by atoms with Crippen LogP contribution in [-0.4, -0.2) is 11.2 Å². The van der Waals surface area contributed by atoms with Crippen LogP contribution >= 0.6 is 0 Å². The molecule has 0 bridgehead atoms. The van der Waals surface area contributed by atoms with Crippen molar-refractivity contribution < 1.29 is 5.11 Å². The second-order valence-electron chi connectivity index (χ2n) is 4.17. The van der Waals surface area contributed by atoms with Gasteiger partial charge in [-0.15, -0.1) is 0 Å². The Morgan fingerprint density at radius 2 is 1.73 bits per heavy atom. The van der Waals surface area contributed by atoms with Crippen LogP contribution in [0.3, 0.4) is 0 Å². The zero-order valence-electron chi connectivity index (χ0n) is 7.71. The summed E-state index contributed by atoms with van der Waals surface area (Å²) in [7, 11) is 0. The van der Waals surface area contributed by atoms with E-state index in [1.54, 1.807) is 0 Å². The average molecular weight is 156 g/mol. The Balaban J connectivity index is 2.38. The number of aliphatic hydroxyl groups excluding tert-OH is 1. The molecule has 1 N–H and O–H groups in total. The summed E-state index contributed by atoms with van der Waals surface area (Å²) in [5, 5.41) is 9.60. The number of aliphatic hydroxyl groups is 1. The molecule has 0 saturated heterocycles. The highest BCUT2D eigenvalue weighted by Crippen LogP contribution is 2.26. The first kappa shape index (κ1) is 9.05. The van der Waals surface area contributed by atoms with Crippen LogP contribution in [0.15, 0.2) is 0 Å². The van der Waals surface area contributed by atoms with Gasteiger partial charge in [-0.05, 0) is 24.7 Å². The van der Waals surface area contributed by atoms with Crippen LogP contribution in [0, 0.1) is 11.8 Å². The summed E-state index contributed by atoms with van der Waals surface area (Å²) >= 11 is 0. The molecule has 1 rings (SSSR count). The fourth-order valence-corrected chi connectivity index (χ4v) is 2.04. The topological polar surface area (TPSA) is 20.2 Å². The Morgan fingerprint density at radius 3 is 2.45 bits per heavy atom. The Kier molecular flexibility index (Phi) is 3.38. The maximum atomic E-state index is 9.60. The van der Waals surface area contributed by atoms with E-state index in [0.29, 0.717) is 5.92 Å². The van der Waals surface area contributed by atoms with E-state index in [9.17, 15) is 5.11 Å². The second-order valence-corrected chi connectivity index (χ2v) is 4.17. The Hall–Kier alpha value is -0.0400. The largest absolute Gasteiger partial charge is 0.393 e. The highest BCUT2D eigenvalue weighted by molar-refractivity contribution is 4.71. The van der Waals surface area contributed by atoms with Gasteiger partial charge in [-0.25, -0.2) is 0 Å². The lowest BCUT2D eigenvalue weighted by Gasteiger charge is -2.25. The summed E-state index contributed by atoms with van der Waals surface area (Å²) in [5.74, 6) is 1.34. The molecule has 1 saturated carbocycles. The van der Waals surface area contributed by atoms with Crippen LogP contribution in [0.4, 0.5) is 0 Å². The first-order valence-electron chi connectivity index (χ1n) is 4.88. The van der Waals surface area contributed by atoms with Crippen molar-refractivity contribution in [3.05, 3.63) is 0 Å². The molecule has 11 heavy (non-hydrogen) atoms. The first-order valence-corrected chi connectivity index (χ1v) is 4.88. The van der Waals surface area contributed by atoms with Gasteiger partial charge in [0.1, 0.15) is 0 Å². The molecule has 1 nitrogen and oxygen atoms in total. The van der Waals surface area contributed by atoms with E-state index in [-0.39, 0.29) is 6.10 Å². The van der Waals surface area contributed by atoms with Crippen LogP contribution in [0.25, 0.3) is 0 Å². The van der Waals surface area contributed by atoms with Crippen molar-refractivity contribution in [3.63, 3.8) is 0 Å². The molecule has 0 amide bonds. The van der Waals surface area contributed by atoms with Crippen LogP contribution in [0.5, 0.6) is 0 Å². The molecule has 0 spiro atoms. The third-order valence-corrected chi connectivity index (χ3v) is 2.88. The van der Waals surface area contributed by atoms with Gasteiger partial charge >= 0.3 is 0 Å². The van der Waals surface area contributed by atoms with E-state index in [1.807, 2.05) is 0 Å². The van der Waals surface area contributed by atoms with Gasteiger partial charge in [0.15, 0.2) is 0 Å². The van der Waals surface area contributed by atoms with Crippen molar-refractivity contribution in [1.82, 2.24) is 0 Å². The molecule has 0 aromatic heterocycles. The molecule has 0 heterocycles. The van der Waals surface area contributed by atoms with E-state index in [1.165, 1.54) is 25.7 Å². The lowest BCUT2D eigenvalue weighted by atomic mass is 9.84. The van der Waals surface area contributed by atoms with E-state index in [4.69, 9.17) is 0 Å².